The maximum Gasteiger partial charge on any atom is 0.219 e. The minimum absolute atomic E-state index is 0.403. The molecule has 1 heterocycles. The zero-order valence-corrected chi connectivity index (χ0v) is 9.59. The van der Waals surface area contributed by atoms with Crippen LogP contribution in [0.5, 0.6) is 17.4 Å². The van der Waals surface area contributed by atoms with Crippen molar-refractivity contribution in [1.82, 2.24) is 4.98 Å². The Morgan fingerprint density at radius 1 is 1.06 bits per heavy atom. The van der Waals surface area contributed by atoms with Crippen LogP contribution in [0.2, 0.25) is 0 Å². The summed E-state index contributed by atoms with van der Waals surface area (Å²) in [5, 5.41) is 0. The lowest BCUT2D eigenvalue weighted by Gasteiger charge is -2.06. The summed E-state index contributed by atoms with van der Waals surface area (Å²) in [7, 11) is 1.63. The maximum absolute atomic E-state index is 5.60. The van der Waals surface area contributed by atoms with Crippen molar-refractivity contribution in [3.8, 4) is 17.4 Å². The Morgan fingerprint density at radius 2 is 1.76 bits per heavy atom. The molecule has 4 nitrogen and oxygen atoms in total. The van der Waals surface area contributed by atoms with Gasteiger partial charge in [-0.25, -0.2) is 4.98 Å². The van der Waals surface area contributed by atoms with Crippen LogP contribution >= 0.6 is 0 Å². The van der Waals surface area contributed by atoms with Gasteiger partial charge in [0.2, 0.25) is 5.88 Å². The molecule has 4 heteroatoms. The number of pyridine rings is 1. The standard InChI is InChI=1S/C13H14N2O2/c1-16-11-5-7-12(8-6-11)17-13-4-2-3-10(9-14)15-13/h2-8H,9,14H2,1H3. The number of aromatic nitrogens is 1. The Morgan fingerprint density at radius 3 is 2.41 bits per heavy atom. The third-order valence-corrected chi connectivity index (χ3v) is 2.27. The van der Waals surface area contributed by atoms with Gasteiger partial charge in [0.25, 0.3) is 0 Å². The second kappa shape index (κ2) is 5.32. The highest BCUT2D eigenvalue weighted by molar-refractivity contribution is 5.33. The van der Waals surface area contributed by atoms with Gasteiger partial charge >= 0.3 is 0 Å². The molecule has 17 heavy (non-hydrogen) atoms. The number of ether oxygens (including phenoxy) is 2. The summed E-state index contributed by atoms with van der Waals surface area (Å²) >= 11 is 0. The van der Waals surface area contributed by atoms with Crippen LogP contribution in [-0.4, -0.2) is 12.1 Å². The molecule has 0 atom stereocenters. The quantitative estimate of drug-likeness (QED) is 0.875. The minimum atomic E-state index is 0.403. The number of nitrogens with zero attached hydrogens (tertiary/aromatic N) is 1. The molecular formula is C13H14N2O2. The SMILES string of the molecule is COc1ccc(Oc2cccc(CN)n2)cc1. The lowest BCUT2D eigenvalue weighted by molar-refractivity contribution is 0.412. The molecule has 0 aliphatic carbocycles. The van der Waals surface area contributed by atoms with Crippen molar-refractivity contribution in [2.45, 2.75) is 6.54 Å². The summed E-state index contributed by atoms with van der Waals surface area (Å²) in [6.07, 6.45) is 0. The monoisotopic (exact) mass is 230 g/mol. The van der Waals surface area contributed by atoms with Gasteiger partial charge in [0.1, 0.15) is 11.5 Å². The molecule has 0 amide bonds. The van der Waals surface area contributed by atoms with E-state index < -0.39 is 0 Å². The fourth-order valence-corrected chi connectivity index (χ4v) is 1.39. The molecule has 2 rings (SSSR count). The van der Waals surface area contributed by atoms with Crippen molar-refractivity contribution >= 4 is 0 Å². The van der Waals surface area contributed by atoms with Crippen LogP contribution in [0, 0.1) is 0 Å². The number of nitrogens with two attached hydrogens (primary N) is 1. The van der Waals surface area contributed by atoms with Gasteiger partial charge in [-0.2, -0.15) is 0 Å². The predicted octanol–water partition coefficient (Wildman–Crippen LogP) is 2.34. The molecule has 0 aliphatic rings. The van der Waals surface area contributed by atoms with E-state index in [0.717, 1.165) is 11.4 Å². The molecule has 2 aromatic rings. The van der Waals surface area contributed by atoms with E-state index in [4.69, 9.17) is 15.2 Å². The number of hydrogen-bond donors (Lipinski definition) is 1. The normalized spacial score (nSPS) is 10.0. The molecule has 2 N–H and O–H groups in total. The van der Waals surface area contributed by atoms with Gasteiger partial charge in [-0.15, -0.1) is 0 Å². The molecule has 0 saturated carbocycles. The van der Waals surface area contributed by atoms with Crippen molar-refractivity contribution in [1.29, 1.82) is 0 Å². The lowest BCUT2D eigenvalue weighted by Crippen LogP contribution is -2.00. The van der Waals surface area contributed by atoms with Crippen LogP contribution in [0.25, 0.3) is 0 Å². The zero-order valence-electron chi connectivity index (χ0n) is 9.59. The molecule has 88 valence electrons. The maximum atomic E-state index is 5.60. The molecule has 0 radical (unpaired) electrons. The third kappa shape index (κ3) is 2.95. The highest BCUT2D eigenvalue weighted by atomic mass is 16.5. The topological polar surface area (TPSA) is 57.4 Å². The number of hydrogen-bond acceptors (Lipinski definition) is 4. The first-order chi connectivity index (χ1) is 8.31. The zero-order chi connectivity index (χ0) is 12.1. The minimum Gasteiger partial charge on any atom is -0.497 e. The van der Waals surface area contributed by atoms with E-state index in [2.05, 4.69) is 4.98 Å². The summed E-state index contributed by atoms with van der Waals surface area (Å²) in [4.78, 5) is 4.25. The van der Waals surface area contributed by atoms with Crippen LogP contribution in [0.3, 0.4) is 0 Å². The predicted molar refractivity (Wildman–Crippen MR) is 65.2 cm³/mol. The number of methoxy groups -OCH3 is 1. The Balaban J connectivity index is 2.13. The van der Waals surface area contributed by atoms with Gasteiger partial charge < -0.3 is 15.2 Å². The van der Waals surface area contributed by atoms with Gasteiger partial charge in [-0.3, -0.25) is 0 Å². The molecule has 1 aromatic heterocycles. The average molecular weight is 230 g/mol. The largest absolute Gasteiger partial charge is 0.497 e. The van der Waals surface area contributed by atoms with Gasteiger partial charge in [-0.05, 0) is 30.3 Å². The van der Waals surface area contributed by atoms with E-state index in [1.807, 2.05) is 36.4 Å². The Hall–Kier alpha value is -2.07. The second-order valence-corrected chi connectivity index (χ2v) is 3.45. The van der Waals surface area contributed by atoms with Crippen molar-refractivity contribution in [3.05, 3.63) is 48.2 Å². The lowest BCUT2D eigenvalue weighted by atomic mass is 10.3. The van der Waals surface area contributed by atoms with E-state index >= 15 is 0 Å². The molecule has 0 bridgehead atoms. The highest BCUT2D eigenvalue weighted by Crippen LogP contribution is 2.22. The van der Waals surface area contributed by atoms with Gasteiger partial charge in [-0.1, -0.05) is 6.07 Å². The smallest absolute Gasteiger partial charge is 0.219 e. The summed E-state index contributed by atoms with van der Waals surface area (Å²) in [5.74, 6) is 2.05. The average Bonchev–Trinajstić information content (AvgIpc) is 2.40. The summed E-state index contributed by atoms with van der Waals surface area (Å²) < 4.78 is 10.7. The number of benzene rings is 1. The summed E-state index contributed by atoms with van der Waals surface area (Å²) in [6, 6.07) is 12.9. The highest BCUT2D eigenvalue weighted by Gasteiger charge is 2.00. The fourth-order valence-electron chi connectivity index (χ4n) is 1.39. The van der Waals surface area contributed by atoms with Crippen LogP contribution in [0.1, 0.15) is 5.69 Å². The van der Waals surface area contributed by atoms with Crippen molar-refractivity contribution < 1.29 is 9.47 Å². The molecule has 1 aromatic carbocycles. The first-order valence-electron chi connectivity index (χ1n) is 5.30. The van der Waals surface area contributed by atoms with Crippen LogP contribution in [0.4, 0.5) is 0 Å². The Bertz CT molecular complexity index is 483. The fraction of sp³-hybridized carbons (Fsp3) is 0.154. The Kier molecular flexibility index (Phi) is 3.57. The molecule has 0 fully saturated rings. The van der Waals surface area contributed by atoms with Crippen molar-refractivity contribution in [2.24, 2.45) is 5.73 Å². The van der Waals surface area contributed by atoms with Crippen molar-refractivity contribution in [3.63, 3.8) is 0 Å². The van der Waals surface area contributed by atoms with E-state index in [9.17, 15) is 0 Å². The molecule has 0 unspecified atom stereocenters. The molecule has 0 aliphatic heterocycles. The van der Waals surface area contributed by atoms with Crippen molar-refractivity contribution in [2.75, 3.05) is 7.11 Å². The van der Waals surface area contributed by atoms with Gasteiger partial charge in [0.15, 0.2) is 0 Å². The van der Waals surface area contributed by atoms with Gasteiger partial charge in [0.05, 0.1) is 12.8 Å². The van der Waals surface area contributed by atoms with Crippen LogP contribution in [0.15, 0.2) is 42.5 Å². The molecular weight excluding hydrogens is 216 g/mol. The first kappa shape index (κ1) is 11.4. The molecule has 0 saturated heterocycles. The summed E-state index contributed by atoms with van der Waals surface area (Å²) in [6.45, 7) is 0.403. The third-order valence-electron chi connectivity index (χ3n) is 2.27. The summed E-state index contributed by atoms with van der Waals surface area (Å²) in [5.41, 5.74) is 6.32. The van der Waals surface area contributed by atoms with E-state index in [1.54, 1.807) is 13.2 Å². The first-order valence-corrected chi connectivity index (χ1v) is 5.30. The van der Waals surface area contributed by atoms with Crippen LogP contribution < -0.4 is 15.2 Å². The van der Waals surface area contributed by atoms with Gasteiger partial charge in [0, 0.05) is 12.6 Å². The van der Waals surface area contributed by atoms with E-state index in [0.29, 0.717) is 18.2 Å². The number of rotatable bonds is 4. The Labute approximate surface area is 100 Å². The van der Waals surface area contributed by atoms with E-state index in [-0.39, 0.29) is 0 Å². The second-order valence-electron chi connectivity index (χ2n) is 3.45. The van der Waals surface area contributed by atoms with Crippen LogP contribution in [-0.2, 0) is 6.54 Å². The molecule has 0 spiro atoms. The van der Waals surface area contributed by atoms with E-state index in [1.165, 1.54) is 0 Å².